The Kier molecular flexibility index (Phi) is 7.91. The van der Waals surface area contributed by atoms with Crippen molar-refractivity contribution in [2.24, 2.45) is 5.73 Å². The summed E-state index contributed by atoms with van der Waals surface area (Å²) in [6.45, 7) is 9.17. The van der Waals surface area contributed by atoms with Gasteiger partial charge in [0.2, 0.25) is 0 Å². The third-order valence-electron chi connectivity index (χ3n) is 3.68. The zero-order valence-corrected chi connectivity index (χ0v) is 14.1. The minimum atomic E-state index is -0.630. The Morgan fingerprint density at radius 1 is 1.27 bits per heavy atom. The normalized spacial score (nSPS) is 12.3. The van der Waals surface area contributed by atoms with Crippen LogP contribution in [-0.2, 0) is 22.5 Å². The average Bonchev–Trinajstić information content (AvgIpc) is 2.52. The van der Waals surface area contributed by atoms with Crippen LogP contribution in [0.1, 0.15) is 31.9 Å². The van der Waals surface area contributed by atoms with Crippen LogP contribution in [0.4, 0.5) is 0 Å². The SMILES string of the molecule is CCOC(=O)C(N)Cc1ccc(OC)c(CN(CC)CC)c1. The van der Waals surface area contributed by atoms with E-state index in [0.717, 1.165) is 36.5 Å². The number of hydrogen-bond acceptors (Lipinski definition) is 5. The number of ether oxygens (including phenoxy) is 2. The first-order valence-electron chi connectivity index (χ1n) is 7.85. The first kappa shape index (κ1) is 18.5. The van der Waals surface area contributed by atoms with Crippen LogP contribution in [-0.4, -0.2) is 43.7 Å². The third kappa shape index (κ3) is 5.31. The Labute approximate surface area is 133 Å². The van der Waals surface area contributed by atoms with E-state index in [0.29, 0.717) is 13.0 Å². The lowest BCUT2D eigenvalue weighted by molar-refractivity contribution is -0.144. The van der Waals surface area contributed by atoms with Gasteiger partial charge in [0.05, 0.1) is 13.7 Å². The summed E-state index contributed by atoms with van der Waals surface area (Å²) in [5.41, 5.74) is 8.02. The van der Waals surface area contributed by atoms with Gasteiger partial charge in [-0.3, -0.25) is 9.69 Å². The third-order valence-corrected chi connectivity index (χ3v) is 3.68. The van der Waals surface area contributed by atoms with E-state index in [1.165, 1.54) is 0 Å². The second-order valence-corrected chi connectivity index (χ2v) is 5.17. The minimum absolute atomic E-state index is 0.350. The summed E-state index contributed by atoms with van der Waals surface area (Å²) in [6.07, 6.45) is 0.466. The smallest absolute Gasteiger partial charge is 0.323 e. The zero-order valence-electron chi connectivity index (χ0n) is 14.1. The molecule has 0 bridgehead atoms. The summed E-state index contributed by atoms with van der Waals surface area (Å²) >= 11 is 0. The molecule has 0 aromatic heterocycles. The summed E-state index contributed by atoms with van der Waals surface area (Å²) in [6, 6.07) is 5.32. The van der Waals surface area contributed by atoms with Crippen LogP contribution in [0.25, 0.3) is 0 Å². The van der Waals surface area contributed by atoms with Gasteiger partial charge in [-0.1, -0.05) is 26.0 Å². The number of carbonyl (C=O) groups excluding carboxylic acids is 1. The van der Waals surface area contributed by atoms with Crippen molar-refractivity contribution >= 4 is 5.97 Å². The van der Waals surface area contributed by atoms with E-state index in [2.05, 4.69) is 24.8 Å². The predicted molar refractivity (Wildman–Crippen MR) is 87.9 cm³/mol. The molecule has 2 N–H and O–H groups in total. The quantitative estimate of drug-likeness (QED) is 0.707. The first-order chi connectivity index (χ1) is 10.5. The maximum atomic E-state index is 11.6. The minimum Gasteiger partial charge on any atom is -0.496 e. The van der Waals surface area contributed by atoms with Crippen LogP contribution in [0, 0.1) is 0 Å². The molecule has 124 valence electrons. The molecule has 5 nitrogen and oxygen atoms in total. The molecule has 1 aromatic carbocycles. The van der Waals surface area contributed by atoms with E-state index in [1.807, 2.05) is 12.1 Å². The Balaban J connectivity index is 2.87. The fraction of sp³-hybridized carbons (Fsp3) is 0.588. The molecule has 0 aliphatic heterocycles. The highest BCUT2D eigenvalue weighted by atomic mass is 16.5. The number of nitrogens with zero attached hydrogens (tertiary/aromatic N) is 1. The van der Waals surface area contributed by atoms with E-state index in [4.69, 9.17) is 15.2 Å². The molecule has 1 unspecified atom stereocenters. The molecule has 5 heteroatoms. The predicted octanol–water partition coefficient (Wildman–Crippen LogP) is 1.97. The van der Waals surface area contributed by atoms with Crippen molar-refractivity contribution < 1.29 is 14.3 Å². The standard InChI is InChI=1S/C17H28N2O3/c1-5-19(6-2)12-14-10-13(8-9-16(14)21-4)11-15(18)17(20)22-7-3/h8-10,15H,5-7,11-12,18H2,1-4H3. The van der Waals surface area contributed by atoms with Crippen LogP contribution in [0.5, 0.6) is 5.75 Å². The maximum Gasteiger partial charge on any atom is 0.323 e. The Bertz CT molecular complexity index is 473. The van der Waals surface area contributed by atoms with Crippen LogP contribution in [0.15, 0.2) is 18.2 Å². The van der Waals surface area contributed by atoms with E-state index < -0.39 is 6.04 Å². The fourth-order valence-electron chi connectivity index (χ4n) is 2.36. The molecule has 0 saturated heterocycles. The number of hydrogen-bond donors (Lipinski definition) is 1. The van der Waals surface area contributed by atoms with Gasteiger partial charge in [0.15, 0.2) is 0 Å². The van der Waals surface area contributed by atoms with Crippen LogP contribution in [0.3, 0.4) is 0 Å². The largest absolute Gasteiger partial charge is 0.496 e. The molecule has 0 heterocycles. The van der Waals surface area contributed by atoms with Crippen molar-refractivity contribution in [1.29, 1.82) is 0 Å². The van der Waals surface area contributed by atoms with Gasteiger partial charge >= 0.3 is 5.97 Å². The number of esters is 1. The van der Waals surface area contributed by atoms with E-state index in [9.17, 15) is 4.79 Å². The van der Waals surface area contributed by atoms with Gasteiger partial charge in [0.25, 0.3) is 0 Å². The molecule has 0 aliphatic carbocycles. The van der Waals surface area contributed by atoms with Gasteiger partial charge in [-0.25, -0.2) is 0 Å². The maximum absolute atomic E-state index is 11.6. The molecule has 0 radical (unpaired) electrons. The monoisotopic (exact) mass is 308 g/mol. The molecule has 0 amide bonds. The Hall–Kier alpha value is -1.59. The van der Waals surface area contributed by atoms with E-state index in [1.54, 1.807) is 14.0 Å². The summed E-state index contributed by atoms with van der Waals surface area (Å²) in [5, 5.41) is 0. The second kappa shape index (κ2) is 9.43. The summed E-state index contributed by atoms with van der Waals surface area (Å²) in [5.74, 6) is 0.504. The summed E-state index contributed by atoms with van der Waals surface area (Å²) in [7, 11) is 1.67. The van der Waals surface area contributed by atoms with Crippen molar-refractivity contribution in [3.8, 4) is 5.75 Å². The first-order valence-corrected chi connectivity index (χ1v) is 7.85. The zero-order chi connectivity index (χ0) is 16.5. The number of nitrogens with two attached hydrogens (primary N) is 1. The van der Waals surface area contributed by atoms with Gasteiger partial charge in [-0.2, -0.15) is 0 Å². The van der Waals surface area contributed by atoms with Crippen molar-refractivity contribution in [3.05, 3.63) is 29.3 Å². The molecule has 0 spiro atoms. The van der Waals surface area contributed by atoms with Crippen LogP contribution >= 0.6 is 0 Å². The number of benzene rings is 1. The second-order valence-electron chi connectivity index (χ2n) is 5.17. The molecule has 1 atom stereocenters. The number of methoxy groups -OCH3 is 1. The van der Waals surface area contributed by atoms with Crippen LogP contribution < -0.4 is 10.5 Å². The molecule has 1 aromatic rings. The average molecular weight is 308 g/mol. The highest BCUT2D eigenvalue weighted by molar-refractivity contribution is 5.75. The molecular formula is C17H28N2O3. The van der Waals surface area contributed by atoms with Crippen molar-refractivity contribution in [2.75, 3.05) is 26.8 Å². The molecular weight excluding hydrogens is 280 g/mol. The Morgan fingerprint density at radius 2 is 1.95 bits per heavy atom. The molecule has 1 rings (SSSR count). The van der Waals surface area contributed by atoms with Gasteiger partial charge < -0.3 is 15.2 Å². The van der Waals surface area contributed by atoms with Gasteiger partial charge in [0, 0.05) is 12.1 Å². The highest BCUT2D eigenvalue weighted by Gasteiger charge is 2.16. The van der Waals surface area contributed by atoms with Crippen molar-refractivity contribution in [3.63, 3.8) is 0 Å². The lowest BCUT2D eigenvalue weighted by Crippen LogP contribution is -2.34. The molecule has 22 heavy (non-hydrogen) atoms. The van der Waals surface area contributed by atoms with Crippen molar-refractivity contribution in [1.82, 2.24) is 4.90 Å². The lowest BCUT2D eigenvalue weighted by atomic mass is 10.0. The van der Waals surface area contributed by atoms with Crippen LogP contribution in [0.2, 0.25) is 0 Å². The highest BCUT2D eigenvalue weighted by Crippen LogP contribution is 2.22. The lowest BCUT2D eigenvalue weighted by Gasteiger charge is -2.20. The molecule has 0 saturated carbocycles. The summed E-state index contributed by atoms with van der Waals surface area (Å²) in [4.78, 5) is 14.0. The van der Waals surface area contributed by atoms with E-state index >= 15 is 0 Å². The number of carbonyl (C=O) groups is 1. The van der Waals surface area contributed by atoms with Crippen molar-refractivity contribution in [2.45, 2.75) is 39.8 Å². The number of rotatable bonds is 9. The fourth-order valence-corrected chi connectivity index (χ4v) is 2.36. The summed E-state index contributed by atoms with van der Waals surface area (Å²) < 4.78 is 10.4. The molecule has 0 aliphatic rings. The van der Waals surface area contributed by atoms with Gasteiger partial charge in [-0.05, 0) is 38.1 Å². The topological polar surface area (TPSA) is 64.8 Å². The molecule has 0 fully saturated rings. The Morgan fingerprint density at radius 3 is 2.50 bits per heavy atom. The van der Waals surface area contributed by atoms with Gasteiger partial charge in [0.1, 0.15) is 11.8 Å². The van der Waals surface area contributed by atoms with E-state index in [-0.39, 0.29) is 5.97 Å². The van der Waals surface area contributed by atoms with Gasteiger partial charge in [-0.15, -0.1) is 0 Å².